The van der Waals surface area contributed by atoms with Crippen molar-refractivity contribution in [2.75, 3.05) is 31.2 Å². The van der Waals surface area contributed by atoms with Crippen LogP contribution >= 0.6 is 0 Å². The molecule has 1 aliphatic rings. The first-order valence-corrected chi connectivity index (χ1v) is 8.59. The van der Waals surface area contributed by atoms with Gasteiger partial charge in [0.25, 0.3) is 0 Å². The molecule has 1 amide bonds. The van der Waals surface area contributed by atoms with E-state index < -0.39 is 0 Å². The standard InChI is InChI=1S/C18H24N4O3/c1-13-16(14(2)25-21-13)3-4-18(23)20-12-15-5-6-19-17(11-15)22-7-9-24-10-8-22/h5-6,11H,3-4,7-10,12H2,1-2H3,(H,20,23). The molecule has 25 heavy (non-hydrogen) atoms. The minimum absolute atomic E-state index is 0.0183. The number of pyridine rings is 1. The number of nitrogens with zero attached hydrogens (tertiary/aromatic N) is 3. The molecular weight excluding hydrogens is 320 g/mol. The van der Waals surface area contributed by atoms with Crippen molar-refractivity contribution < 1.29 is 14.1 Å². The van der Waals surface area contributed by atoms with Gasteiger partial charge in [-0.25, -0.2) is 4.98 Å². The van der Waals surface area contributed by atoms with Gasteiger partial charge >= 0.3 is 0 Å². The summed E-state index contributed by atoms with van der Waals surface area (Å²) in [5.41, 5.74) is 2.92. The van der Waals surface area contributed by atoms with E-state index in [4.69, 9.17) is 9.26 Å². The molecule has 1 aliphatic heterocycles. The van der Waals surface area contributed by atoms with Gasteiger partial charge < -0.3 is 19.5 Å². The van der Waals surface area contributed by atoms with Crippen molar-refractivity contribution in [3.63, 3.8) is 0 Å². The van der Waals surface area contributed by atoms with Crippen LogP contribution in [0.15, 0.2) is 22.9 Å². The van der Waals surface area contributed by atoms with Crippen LogP contribution in [-0.4, -0.2) is 42.4 Å². The fourth-order valence-electron chi connectivity index (χ4n) is 2.92. The summed E-state index contributed by atoms with van der Waals surface area (Å²) in [6.07, 6.45) is 2.85. The van der Waals surface area contributed by atoms with Crippen LogP contribution in [0.4, 0.5) is 5.82 Å². The number of amides is 1. The second-order valence-electron chi connectivity index (χ2n) is 6.20. The summed E-state index contributed by atoms with van der Waals surface area (Å²) >= 11 is 0. The van der Waals surface area contributed by atoms with Gasteiger partial charge in [0.05, 0.1) is 18.9 Å². The number of aromatic nitrogens is 2. The Labute approximate surface area is 147 Å². The predicted octanol–water partition coefficient (Wildman–Crippen LogP) is 1.77. The highest BCUT2D eigenvalue weighted by Crippen LogP contribution is 2.15. The Morgan fingerprint density at radius 1 is 1.32 bits per heavy atom. The fraction of sp³-hybridized carbons (Fsp3) is 0.500. The monoisotopic (exact) mass is 344 g/mol. The van der Waals surface area contributed by atoms with Crippen molar-refractivity contribution in [3.05, 3.63) is 40.9 Å². The summed E-state index contributed by atoms with van der Waals surface area (Å²) in [4.78, 5) is 18.7. The molecule has 0 aliphatic carbocycles. The number of anilines is 1. The van der Waals surface area contributed by atoms with Crippen molar-refractivity contribution in [1.82, 2.24) is 15.5 Å². The highest BCUT2D eigenvalue weighted by atomic mass is 16.5. The average Bonchev–Trinajstić information content (AvgIpc) is 2.97. The topological polar surface area (TPSA) is 80.5 Å². The lowest BCUT2D eigenvalue weighted by Gasteiger charge is -2.28. The van der Waals surface area contributed by atoms with E-state index in [1.54, 1.807) is 6.20 Å². The Morgan fingerprint density at radius 3 is 2.84 bits per heavy atom. The maximum atomic E-state index is 12.1. The molecule has 1 N–H and O–H groups in total. The van der Waals surface area contributed by atoms with E-state index in [2.05, 4.69) is 20.4 Å². The van der Waals surface area contributed by atoms with E-state index in [1.807, 2.05) is 26.0 Å². The molecule has 0 aromatic carbocycles. The minimum Gasteiger partial charge on any atom is -0.378 e. The Hall–Kier alpha value is -2.41. The Balaban J connectivity index is 1.50. The quantitative estimate of drug-likeness (QED) is 0.860. The number of carbonyl (C=O) groups is 1. The largest absolute Gasteiger partial charge is 0.378 e. The van der Waals surface area contributed by atoms with Gasteiger partial charge in [0.1, 0.15) is 11.6 Å². The summed E-state index contributed by atoms with van der Waals surface area (Å²) < 4.78 is 10.5. The molecule has 134 valence electrons. The maximum Gasteiger partial charge on any atom is 0.220 e. The van der Waals surface area contributed by atoms with Gasteiger partial charge in [-0.2, -0.15) is 0 Å². The molecule has 0 radical (unpaired) electrons. The molecule has 0 unspecified atom stereocenters. The number of morpholine rings is 1. The lowest BCUT2D eigenvalue weighted by Crippen LogP contribution is -2.36. The van der Waals surface area contributed by atoms with Crippen molar-refractivity contribution >= 4 is 11.7 Å². The number of hydrogen-bond donors (Lipinski definition) is 1. The Morgan fingerprint density at radius 2 is 2.12 bits per heavy atom. The molecule has 0 saturated carbocycles. The summed E-state index contributed by atoms with van der Waals surface area (Å²) in [6, 6.07) is 3.96. The highest BCUT2D eigenvalue weighted by molar-refractivity contribution is 5.76. The molecule has 1 saturated heterocycles. The van der Waals surface area contributed by atoms with E-state index in [1.165, 1.54) is 0 Å². The highest BCUT2D eigenvalue weighted by Gasteiger charge is 2.13. The molecule has 7 nitrogen and oxygen atoms in total. The van der Waals surface area contributed by atoms with Crippen molar-refractivity contribution in [2.45, 2.75) is 33.2 Å². The van der Waals surface area contributed by atoms with Gasteiger partial charge in [0, 0.05) is 37.8 Å². The van der Waals surface area contributed by atoms with Crippen molar-refractivity contribution in [1.29, 1.82) is 0 Å². The van der Waals surface area contributed by atoms with Crippen molar-refractivity contribution in [2.24, 2.45) is 0 Å². The summed E-state index contributed by atoms with van der Waals surface area (Å²) in [6.45, 7) is 7.42. The van der Waals surface area contributed by atoms with Gasteiger partial charge in [-0.15, -0.1) is 0 Å². The van der Waals surface area contributed by atoms with Gasteiger partial charge in [-0.1, -0.05) is 5.16 Å². The molecule has 1 fully saturated rings. The molecule has 0 spiro atoms. The zero-order chi connectivity index (χ0) is 17.6. The number of carbonyl (C=O) groups excluding carboxylic acids is 1. The van der Waals surface area contributed by atoms with Crippen LogP contribution in [0.2, 0.25) is 0 Å². The van der Waals surface area contributed by atoms with Crippen LogP contribution in [0.1, 0.15) is 29.0 Å². The minimum atomic E-state index is 0.0183. The molecule has 2 aromatic rings. The smallest absolute Gasteiger partial charge is 0.220 e. The Kier molecular flexibility index (Phi) is 5.65. The maximum absolute atomic E-state index is 12.1. The van der Waals surface area contributed by atoms with Gasteiger partial charge in [-0.05, 0) is 38.0 Å². The zero-order valence-corrected chi connectivity index (χ0v) is 14.7. The fourth-order valence-corrected chi connectivity index (χ4v) is 2.92. The third kappa shape index (κ3) is 4.57. The summed E-state index contributed by atoms with van der Waals surface area (Å²) in [5.74, 6) is 1.74. The number of hydrogen-bond acceptors (Lipinski definition) is 6. The van der Waals surface area contributed by atoms with Gasteiger partial charge in [-0.3, -0.25) is 4.79 Å². The SMILES string of the molecule is Cc1noc(C)c1CCC(=O)NCc1ccnc(N2CCOCC2)c1. The summed E-state index contributed by atoms with van der Waals surface area (Å²) in [7, 11) is 0. The second-order valence-corrected chi connectivity index (χ2v) is 6.20. The average molecular weight is 344 g/mol. The Bertz CT molecular complexity index is 703. The zero-order valence-electron chi connectivity index (χ0n) is 14.7. The first-order valence-electron chi connectivity index (χ1n) is 8.59. The lowest BCUT2D eigenvalue weighted by molar-refractivity contribution is -0.121. The van der Waals surface area contributed by atoms with Crippen LogP contribution in [-0.2, 0) is 22.5 Å². The molecule has 7 heteroatoms. The van der Waals surface area contributed by atoms with Gasteiger partial charge in [0.2, 0.25) is 5.91 Å². The molecule has 3 rings (SSSR count). The number of ether oxygens (including phenoxy) is 1. The normalized spacial score (nSPS) is 14.6. The first-order chi connectivity index (χ1) is 12.1. The van der Waals surface area contributed by atoms with Crippen LogP contribution in [0, 0.1) is 13.8 Å². The third-order valence-electron chi connectivity index (χ3n) is 4.42. The van der Waals surface area contributed by atoms with E-state index >= 15 is 0 Å². The molecule has 2 aromatic heterocycles. The predicted molar refractivity (Wildman–Crippen MR) is 93.4 cm³/mol. The first kappa shape index (κ1) is 17.4. The number of aryl methyl sites for hydroxylation is 2. The van der Waals surface area contributed by atoms with E-state index in [-0.39, 0.29) is 5.91 Å². The lowest BCUT2D eigenvalue weighted by atomic mass is 10.1. The van der Waals surface area contributed by atoms with Crippen LogP contribution < -0.4 is 10.2 Å². The van der Waals surface area contributed by atoms with Crippen molar-refractivity contribution in [3.8, 4) is 0 Å². The number of rotatable bonds is 6. The van der Waals surface area contributed by atoms with Crippen LogP contribution in [0.25, 0.3) is 0 Å². The van der Waals surface area contributed by atoms with Gasteiger partial charge in [0.15, 0.2) is 0 Å². The van der Waals surface area contributed by atoms with E-state index in [0.717, 1.165) is 54.7 Å². The van der Waals surface area contributed by atoms with E-state index in [0.29, 0.717) is 19.4 Å². The molecule has 3 heterocycles. The van der Waals surface area contributed by atoms with Crippen LogP contribution in [0.5, 0.6) is 0 Å². The van der Waals surface area contributed by atoms with Crippen LogP contribution in [0.3, 0.4) is 0 Å². The second kappa shape index (κ2) is 8.11. The molecule has 0 bridgehead atoms. The summed E-state index contributed by atoms with van der Waals surface area (Å²) in [5, 5.41) is 6.88. The molecular formula is C18H24N4O3. The molecule has 0 atom stereocenters. The third-order valence-corrected chi connectivity index (χ3v) is 4.42. The number of nitrogens with one attached hydrogen (secondary N) is 1. The van der Waals surface area contributed by atoms with E-state index in [9.17, 15) is 4.79 Å².